The topological polar surface area (TPSA) is 9.23 Å². The molecule has 1 aromatic carbocycles. The van der Waals surface area contributed by atoms with Crippen molar-refractivity contribution in [1.82, 2.24) is 0 Å². The predicted octanol–water partition coefficient (Wildman–Crippen LogP) is 6.51. The summed E-state index contributed by atoms with van der Waals surface area (Å²) in [5.74, 6) is 0.943. The van der Waals surface area contributed by atoms with E-state index >= 15 is 0 Å². The quantitative estimate of drug-likeness (QED) is 0.353. The summed E-state index contributed by atoms with van der Waals surface area (Å²) < 4.78 is 5.71. The molecule has 23 heavy (non-hydrogen) atoms. The molecule has 0 radical (unpaired) electrons. The smallest absolute Gasteiger partial charge is 0.119 e. The monoisotopic (exact) mass is 308 g/mol. The van der Waals surface area contributed by atoms with Crippen LogP contribution in [-0.4, -0.2) is 6.61 Å². The van der Waals surface area contributed by atoms with Crippen LogP contribution in [0.5, 0.6) is 5.75 Å². The maximum Gasteiger partial charge on any atom is 0.119 e. The van der Waals surface area contributed by atoms with Gasteiger partial charge in [0.1, 0.15) is 5.75 Å². The summed E-state index contributed by atoms with van der Waals surface area (Å²) in [6.45, 7) is 8.73. The maximum absolute atomic E-state index is 5.71. The van der Waals surface area contributed by atoms with Gasteiger partial charge in [-0.05, 0) is 36.6 Å². The second kappa shape index (κ2) is 12.3. The number of hydrogen-bond donors (Lipinski definition) is 0. The molecule has 0 amide bonds. The van der Waals surface area contributed by atoms with Crippen LogP contribution in [0.3, 0.4) is 0 Å². The fourth-order valence-electron chi connectivity index (χ4n) is 2.05. The average molecular weight is 308 g/mol. The molecule has 0 aliphatic carbocycles. The van der Waals surface area contributed by atoms with Gasteiger partial charge in [0.15, 0.2) is 0 Å². The summed E-state index contributed by atoms with van der Waals surface area (Å²) in [6, 6.07) is 8.20. The highest BCUT2D eigenvalue weighted by atomic mass is 16.5. The van der Waals surface area contributed by atoms with Gasteiger partial charge in [-0.25, -0.2) is 0 Å². The van der Waals surface area contributed by atoms with Gasteiger partial charge in [0, 0.05) is 0 Å². The van der Waals surface area contributed by atoms with Crippen LogP contribution in [-0.2, 0) is 0 Å². The maximum atomic E-state index is 5.71. The van der Waals surface area contributed by atoms with Crippen molar-refractivity contribution in [2.75, 3.05) is 6.61 Å². The summed E-state index contributed by atoms with van der Waals surface area (Å²) in [4.78, 5) is 0. The van der Waals surface area contributed by atoms with Crippen LogP contribution in [0, 0.1) is 0 Å². The lowest BCUT2D eigenvalue weighted by atomic mass is 10.2. The van der Waals surface area contributed by atoms with Crippen molar-refractivity contribution >= 4 is 6.08 Å². The summed E-state index contributed by atoms with van der Waals surface area (Å²) >= 11 is 0. The van der Waals surface area contributed by atoms with Gasteiger partial charge in [0.2, 0.25) is 0 Å². The van der Waals surface area contributed by atoms with E-state index in [9.17, 15) is 0 Å². The van der Waals surface area contributed by atoms with Crippen molar-refractivity contribution < 1.29 is 4.74 Å². The second-order valence-corrected chi connectivity index (χ2v) is 5.25. The molecule has 0 bridgehead atoms. The molecule has 1 nitrogen and oxygen atoms in total. The van der Waals surface area contributed by atoms with E-state index < -0.39 is 0 Å². The molecule has 1 heteroatoms. The van der Waals surface area contributed by atoms with Gasteiger partial charge >= 0.3 is 0 Å². The Hall–Kier alpha value is -2.28. The van der Waals surface area contributed by atoms with E-state index in [4.69, 9.17) is 4.74 Å². The van der Waals surface area contributed by atoms with Crippen molar-refractivity contribution in [2.45, 2.75) is 33.1 Å². The highest BCUT2D eigenvalue weighted by Gasteiger charge is 1.93. The number of allylic oxidation sites excluding steroid dienone is 8. The summed E-state index contributed by atoms with van der Waals surface area (Å²) in [6.07, 6.45) is 19.6. The molecular formula is C22H28O. The molecule has 0 unspecified atom stereocenters. The molecule has 122 valence electrons. The van der Waals surface area contributed by atoms with Gasteiger partial charge in [0.25, 0.3) is 0 Å². The Kier molecular flexibility index (Phi) is 10.0. The molecule has 0 fully saturated rings. The van der Waals surface area contributed by atoms with Crippen LogP contribution in [0.4, 0.5) is 0 Å². The van der Waals surface area contributed by atoms with Crippen molar-refractivity contribution in [2.24, 2.45) is 0 Å². The number of unbranched alkanes of at least 4 members (excludes halogenated alkanes) is 2. The standard InChI is InChI=1S/C22H28O/c1-4-7-10-19-23-22-17-15-21(16-18-22)14-9-8-13-20(11-5-2)12-6-3/h5-6,8-9,11-18H,2,4,7,10,19H2,1,3H3/b12-6-,13-8+,14-9-,20-11+. The predicted molar refractivity (Wildman–Crippen MR) is 103 cm³/mol. The lowest BCUT2D eigenvalue weighted by molar-refractivity contribution is 0.306. The molecule has 0 N–H and O–H groups in total. The lowest BCUT2D eigenvalue weighted by Gasteiger charge is -2.05. The molecule has 0 saturated carbocycles. The first-order chi connectivity index (χ1) is 11.3. The molecule has 1 aromatic rings. The van der Waals surface area contributed by atoms with E-state index in [1.54, 1.807) is 6.08 Å². The minimum Gasteiger partial charge on any atom is -0.494 e. The highest BCUT2D eigenvalue weighted by Crippen LogP contribution is 2.14. The molecule has 0 aliphatic heterocycles. The van der Waals surface area contributed by atoms with Crippen molar-refractivity contribution in [3.63, 3.8) is 0 Å². The number of hydrogen-bond acceptors (Lipinski definition) is 1. The highest BCUT2D eigenvalue weighted by molar-refractivity contribution is 5.52. The van der Waals surface area contributed by atoms with E-state index in [1.165, 1.54) is 12.8 Å². The van der Waals surface area contributed by atoms with Gasteiger partial charge in [0.05, 0.1) is 6.61 Å². The molecule has 0 spiro atoms. The normalized spacial score (nSPS) is 12.5. The lowest BCUT2D eigenvalue weighted by Crippen LogP contribution is -1.96. The van der Waals surface area contributed by atoms with E-state index in [1.807, 2.05) is 43.4 Å². The Morgan fingerprint density at radius 2 is 1.87 bits per heavy atom. The zero-order chi connectivity index (χ0) is 16.8. The first-order valence-electron chi connectivity index (χ1n) is 8.33. The van der Waals surface area contributed by atoms with Gasteiger partial charge in [-0.3, -0.25) is 0 Å². The Morgan fingerprint density at radius 3 is 2.52 bits per heavy atom. The van der Waals surface area contributed by atoms with Crippen LogP contribution in [0.25, 0.3) is 6.08 Å². The third-order valence-electron chi connectivity index (χ3n) is 3.25. The van der Waals surface area contributed by atoms with Crippen LogP contribution in [0.1, 0.15) is 38.7 Å². The Labute approximate surface area is 141 Å². The van der Waals surface area contributed by atoms with E-state index in [-0.39, 0.29) is 0 Å². The fraction of sp³-hybridized carbons (Fsp3) is 0.273. The Bertz CT molecular complexity index is 556. The van der Waals surface area contributed by atoms with Gasteiger partial charge in [-0.15, -0.1) is 0 Å². The van der Waals surface area contributed by atoms with Crippen LogP contribution in [0.2, 0.25) is 0 Å². The van der Waals surface area contributed by atoms with Crippen LogP contribution >= 0.6 is 0 Å². The summed E-state index contributed by atoms with van der Waals surface area (Å²) in [7, 11) is 0. The second-order valence-electron chi connectivity index (χ2n) is 5.25. The van der Waals surface area contributed by atoms with E-state index in [2.05, 4.69) is 43.9 Å². The SMILES string of the molecule is C=C/C=C(\C=C/C)/C=C/C=C\c1ccc(OCCCCC)cc1. The molecule has 0 aromatic heterocycles. The van der Waals surface area contributed by atoms with Crippen LogP contribution < -0.4 is 4.74 Å². The minimum atomic E-state index is 0.801. The molecular weight excluding hydrogens is 280 g/mol. The largest absolute Gasteiger partial charge is 0.494 e. The van der Waals surface area contributed by atoms with Gasteiger partial charge in [-0.1, -0.05) is 87.1 Å². The zero-order valence-electron chi connectivity index (χ0n) is 14.4. The zero-order valence-corrected chi connectivity index (χ0v) is 14.4. The molecule has 1 rings (SSSR count). The van der Waals surface area contributed by atoms with E-state index in [0.717, 1.165) is 29.9 Å². The molecule has 0 aliphatic rings. The van der Waals surface area contributed by atoms with E-state index in [0.29, 0.717) is 0 Å². The van der Waals surface area contributed by atoms with Crippen molar-refractivity contribution in [1.29, 1.82) is 0 Å². The fourth-order valence-corrected chi connectivity index (χ4v) is 2.05. The number of ether oxygens (including phenoxy) is 1. The summed E-state index contributed by atoms with van der Waals surface area (Å²) in [5.41, 5.74) is 2.29. The Morgan fingerprint density at radius 1 is 1.09 bits per heavy atom. The minimum absolute atomic E-state index is 0.801. The molecule has 0 atom stereocenters. The van der Waals surface area contributed by atoms with Crippen molar-refractivity contribution in [3.05, 3.63) is 84.5 Å². The molecule has 0 saturated heterocycles. The van der Waals surface area contributed by atoms with Gasteiger partial charge < -0.3 is 4.74 Å². The Balaban J connectivity index is 2.50. The first-order valence-corrected chi connectivity index (χ1v) is 8.33. The number of benzene rings is 1. The van der Waals surface area contributed by atoms with Crippen LogP contribution in [0.15, 0.2) is 78.9 Å². The molecule has 0 heterocycles. The summed E-state index contributed by atoms with van der Waals surface area (Å²) in [5, 5.41) is 0. The van der Waals surface area contributed by atoms with Gasteiger partial charge in [-0.2, -0.15) is 0 Å². The number of rotatable bonds is 10. The first kappa shape index (κ1) is 18.8. The third kappa shape index (κ3) is 8.67. The van der Waals surface area contributed by atoms with Crippen molar-refractivity contribution in [3.8, 4) is 5.75 Å². The third-order valence-corrected chi connectivity index (χ3v) is 3.25. The average Bonchev–Trinajstić information content (AvgIpc) is 2.57.